The van der Waals surface area contributed by atoms with Gasteiger partial charge in [-0.1, -0.05) is 41.0 Å². The fourth-order valence-corrected chi connectivity index (χ4v) is 4.49. The maximum atomic E-state index is 12.8. The Hall–Kier alpha value is -1.54. The Morgan fingerprint density at radius 3 is 2.85 bits per heavy atom. The third-order valence-corrected chi connectivity index (χ3v) is 5.72. The minimum absolute atomic E-state index is 0.104. The fraction of sp³-hybridized carbons (Fsp3) is 0.389. The number of hydrogen-bond acceptors (Lipinski definition) is 6. The van der Waals surface area contributed by atoms with Crippen molar-refractivity contribution >= 4 is 52.0 Å². The first-order valence-electron chi connectivity index (χ1n) is 8.29. The summed E-state index contributed by atoms with van der Waals surface area (Å²) in [5.41, 5.74) is 1.39. The lowest BCUT2D eigenvalue weighted by Crippen LogP contribution is -2.46. The van der Waals surface area contributed by atoms with Crippen LogP contribution in [0.15, 0.2) is 34.5 Å². The zero-order valence-corrected chi connectivity index (χ0v) is 17.2. The van der Waals surface area contributed by atoms with Crippen LogP contribution in [0.2, 0.25) is 10.0 Å². The van der Waals surface area contributed by atoms with Crippen LogP contribution < -0.4 is 0 Å². The maximum absolute atomic E-state index is 12.8. The summed E-state index contributed by atoms with van der Waals surface area (Å²) in [4.78, 5) is 31.5. The van der Waals surface area contributed by atoms with Gasteiger partial charge >= 0.3 is 5.97 Å². The molecule has 27 heavy (non-hydrogen) atoms. The lowest BCUT2D eigenvalue weighted by atomic mass is 9.94. The van der Waals surface area contributed by atoms with Crippen LogP contribution in [0, 0.1) is 0 Å². The molecule has 1 fully saturated rings. The van der Waals surface area contributed by atoms with Gasteiger partial charge in [-0.3, -0.25) is 9.69 Å². The molecule has 144 valence electrons. The molecule has 0 aromatic heterocycles. The van der Waals surface area contributed by atoms with Crippen molar-refractivity contribution in [3.63, 3.8) is 0 Å². The quantitative estimate of drug-likeness (QED) is 0.526. The highest BCUT2D eigenvalue weighted by atomic mass is 35.5. The molecule has 9 heteroatoms. The molecule has 1 aromatic carbocycles. The lowest BCUT2D eigenvalue weighted by molar-refractivity contribution is -0.141. The number of rotatable bonds is 5. The summed E-state index contributed by atoms with van der Waals surface area (Å²) in [5, 5.41) is 1.40. The number of aliphatic imine (C=N–C) groups is 1. The molecule has 0 saturated carbocycles. The van der Waals surface area contributed by atoms with Crippen molar-refractivity contribution in [2.75, 3.05) is 26.1 Å². The number of amidine groups is 1. The zero-order valence-electron chi connectivity index (χ0n) is 14.8. The highest BCUT2D eigenvalue weighted by molar-refractivity contribution is 8.14. The van der Waals surface area contributed by atoms with Crippen molar-refractivity contribution in [3.8, 4) is 0 Å². The molecule has 0 aliphatic carbocycles. The van der Waals surface area contributed by atoms with Crippen LogP contribution in [0.5, 0.6) is 0 Å². The number of carbonyl (C=O) groups excluding carboxylic acids is 2. The predicted molar refractivity (Wildman–Crippen MR) is 106 cm³/mol. The number of ether oxygens (including phenoxy) is 2. The Morgan fingerprint density at radius 1 is 1.37 bits per heavy atom. The summed E-state index contributed by atoms with van der Waals surface area (Å²) in [5.74, 6) is -0.0131. The van der Waals surface area contributed by atoms with E-state index in [1.807, 2.05) is 0 Å². The van der Waals surface area contributed by atoms with E-state index in [1.165, 1.54) is 23.8 Å². The second kappa shape index (κ2) is 8.65. The van der Waals surface area contributed by atoms with E-state index in [2.05, 4.69) is 4.99 Å². The van der Waals surface area contributed by atoms with Gasteiger partial charge in [-0.05, 0) is 24.6 Å². The molecule has 0 spiro atoms. The van der Waals surface area contributed by atoms with E-state index in [-0.39, 0.29) is 24.7 Å². The van der Waals surface area contributed by atoms with E-state index < -0.39 is 12.0 Å². The van der Waals surface area contributed by atoms with E-state index in [4.69, 9.17) is 32.7 Å². The topological polar surface area (TPSA) is 68.2 Å². The summed E-state index contributed by atoms with van der Waals surface area (Å²) >= 11 is 13.9. The van der Waals surface area contributed by atoms with Gasteiger partial charge in [0.15, 0.2) is 5.17 Å². The molecule has 0 unspecified atom stereocenters. The first-order chi connectivity index (χ1) is 12.9. The van der Waals surface area contributed by atoms with Crippen molar-refractivity contribution in [3.05, 3.63) is 45.1 Å². The largest absolute Gasteiger partial charge is 0.460 e. The number of nitrogens with zero attached hydrogens (tertiary/aromatic N) is 2. The summed E-state index contributed by atoms with van der Waals surface area (Å²) in [6.45, 7) is 2.11. The number of hydrogen-bond donors (Lipinski definition) is 0. The Balaban J connectivity index is 2.09. The Kier molecular flexibility index (Phi) is 6.47. The summed E-state index contributed by atoms with van der Waals surface area (Å²) < 4.78 is 10.2. The fourth-order valence-electron chi connectivity index (χ4n) is 2.97. The van der Waals surface area contributed by atoms with Crippen molar-refractivity contribution in [2.24, 2.45) is 4.99 Å². The van der Waals surface area contributed by atoms with Crippen LogP contribution in [-0.4, -0.2) is 48.0 Å². The predicted octanol–water partition coefficient (Wildman–Crippen LogP) is 3.83. The average Bonchev–Trinajstić information content (AvgIpc) is 2.61. The molecule has 2 aliphatic heterocycles. The minimum atomic E-state index is -0.711. The van der Waals surface area contributed by atoms with Gasteiger partial charge in [0.25, 0.3) is 0 Å². The smallest absolute Gasteiger partial charge is 0.338 e. The monoisotopic (exact) mass is 428 g/mol. The second-order valence-corrected chi connectivity index (χ2v) is 7.86. The molecule has 1 saturated heterocycles. The lowest BCUT2D eigenvalue weighted by Gasteiger charge is -2.39. The molecule has 0 N–H and O–H groups in total. The van der Waals surface area contributed by atoms with E-state index in [1.54, 1.807) is 25.1 Å². The van der Waals surface area contributed by atoms with Gasteiger partial charge in [0.2, 0.25) is 5.91 Å². The normalized spacial score (nSPS) is 19.7. The van der Waals surface area contributed by atoms with Crippen LogP contribution in [0.25, 0.3) is 0 Å². The number of thioether (sulfide) groups is 1. The number of amides is 1. The number of benzene rings is 1. The third kappa shape index (κ3) is 4.16. The van der Waals surface area contributed by atoms with Gasteiger partial charge in [-0.25, -0.2) is 9.79 Å². The molecule has 3 rings (SSSR count). The van der Waals surface area contributed by atoms with Gasteiger partial charge in [0.1, 0.15) is 6.61 Å². The van der Waals surface area contributed by atoms with E-state index in [9.17, 15) is 9.59 Å². The molecular weight excluding hydrogens is 411 g/mol. The van der Waals surface area contributed by atoms with Crippen LogP contribution in [0.1, 0.15) is 24.9 Å². The minimum Gasteiger partial charge on any atom is -0.460 e. The number of methoxy groups -OCH3 is 1. The molecule has 2 aliphatic rings. The van der Waals surface area contributed by atoms with Crippen LogP contribution in [0.3, 0.4) is 0 Å². The molecule has 1 amide bonds. The molecule has 0 bridgehead atoms. The second-order valence-electron chi connectivity index (χ2n) is 5.95. The Morgan fingerprint density at radius 2 is 2.15 bits per heavy atom. The maximum Gasteiger partial charge on any atom is 0.338 e. The number of allylic oxidation sites excluding steroid dienone is 1. The summed E-state index contributed by atoms with van der Waals surface area (Å²) in [6.07, 6.45) is 0.358. The first-order valence-corrected chi connectivity index (χ1v) is 10.0. The van der Waals surface area contributed by atoms with Crippen molar-refractivity contribution in [1.82, 2.24) is 4.90 Å². The zero-order chi connectivity index (χ0) is 19.6. The van der Waals surface area contributed by atoms with E-state index in [0.717, 1.165) is 0 Å². The summed E-state index contributed by atoms with van der Waals surface area (Å²) in [6, 6.07) is 4.28. The SMILES string of the molecule is COCCOC(=O)C1=C(C)N=C2SCCC(=O)N2[C@H]1c1ccc(Cl)cc1Cl. The Labute approximate surface area is 171 Å². The molecule has 2 heterocycles. The van der Waals surface area contributed by atoms with Crippen LogP contribution in [-0.2, 0) is 19.1 Å². The molecule has 0 radical (unpaired) electrons. The van der Waals surface area contributed by atoms with Crippen molar-refractivity contribution < 1.29 is 19.1 Å². The summed E-state index contributed by atoms with van der Waals surface area (Å²) in [7, 11) is 1.52. The van der Waals surface area contributed by atoms with Crippen LogP contribution in [0.4, 0.5) is 0 Å². The third-order valence-electron chi connectivity index (χ3n) is 4.20. The van der Waals surface area contributed by atoms with Crippen LogP contribution >= 0.6 is 35.0 Å². The molecular formula is C18H18Cl2N2O4S. The molecule has 6 nitrogen and oxygen atoms in total. The first kappa shape index (κ1) is 20.2. The van der Waals surface area contributed by atoms with Gasteiger partial charge in [-0.2, -0.15) is 0 Å². The molecule has 1 aromatic rings. The number of carbonyl (C=O) groups is 2. The standard InChI is InChI=1S/C18H18Cl2N2O4S/c1-10-15(17(24)26-7-6-25-2)16(12-4-3-11(19)9-13(12)20)22-14(23)5-8-27-18(22)21-10/h3-4,9,16H,5-8H2,1-2H3/t16-/m0/s1. The molecule has 1 atom stereocenters. The van der Waals surface area contributed by atoms with Gasteiger partial charge in [0, 0.05) is 29.3 Å². The van der Waals surface area contributed by atoms with E-state index >= 15 is 0 Å². The number of halogens is 2. The number of fused-ring (bicyclic) bond motifs is 1. The van der Waals surface area contributed by atoms with Gasteiger partial charge in [0.05, 0.1) is 23.9 Å². The van der Waals surface area contributed by atoms with Gasteiger partial charge in [-0.15, -0.1) is 0 Å². The van der Waals surface area contributed by atoms with E-state index in [0.29, 0.717) is 38.6 Å². The highest BCUT2D eigenvalue weighted by Crippen LogP contribution is 2.42. The van der Waals surface area contributed by atoms with Gasteiger partial charge < -0.3 is 9.47 Å². The average molecular weight is 429 g/mol. The number of esters is 1. The van der Waals surface area contributed by atoms with Crippen molar-refractivity contribution in [2.45, 2.75) is 19.4 Å². The van der Waals surface area contributed by atoms with Crippen molar-refractivity contribution in [1.29, 1.82) is 0 Å². The highest BCUT2D eigenvalue weighted by Gasteiger charge is 2.42. The Bertz CT molecular complexity index is 841.